The molecule has 0 radical (unpaired) electrons. The number of carbonyl (C=O) groups is 2. The van der Waals surface area contributed by atoms with Crippen LogP contribution in [0.3, 0.4) is 0 Å². The van der Waals surface area contributed by atoms with Gasteiger partial charge in [0.25, 0.3) is 11.8 Å². The van der Waals surface area contributed by atoms with Gasteiger partial charge in [0.2, 0.25) is 0 Å². The minimum Gasteiger partial charge on any atom is -0.346 e. The van der Waals surface area contributed by atoms with E-state index in [1.54, 1.807) is 18.2 Å². The Morgan fingerprint density at radius 1 is 1.14 bits per heavy atom. The summed E-state index contributed by atoms with van der Waals surface area (Å²) in [4.78, 5) is 27.1. The summed E-state index contributed by atoms with van der Waals surface area (Å²) in [5, 5.41) is 2.74. The number of aryl methyl sites for hydroxylation is 1. The second-order valence-electron chi connectivity index (χ2n) is 7.57. The summed E-state index contributed by atoms with van der Waals surface area (Å²) in [6, 6.07) is 9.80. The maximum atomic E-state index is 13.2. The minimum absolute atomic E-state index is 0.0909. The summed E-state index contributed by atoms with van der Waals surface area (Å²) < 4.78 is 3.25. The Morgan fingerprint density at radius 2 is 1.79 bits per heavy atom. The Hall–Kier alpha value is -2.25. The number of thiocarbonyl (C=S) groups is 1. The predicted octanol–water partition coefficient (Wildman–Crippen LogP) is 4.81. The van der Waals surface area contributed by atoms with E-state index in [0.29, 0.717) is 11.7 Å². The van der Waals surface area contributed by atoms with Gasteiger partial charge in [0, 0.05) is 21.9 Å². The van der Waals surface area contributed by atoms with E-state index in [2.05, 4.69) is 45.7 Å². The molecule has 0 bridgehead atoms. The van der Waals surface area contributed by atoms with Crippen LogP contribution >= 0.6 is 28.1 Å². The van der Waals surface area contributed by atoms with Crippen molar-refractivity contribution in [3.63, 3.8) is 0 Å². The molecule has 2 fully saturated rings. The molecule has 1 saturated heterocycles. The van der Waals surface area contributed by atoms with Crippen molar-refractivity contribution < 1.29 is 9.59 Å². The van der Waals surface area contributed by atoms with Crippen LogP contribution in [0.15, 0.2) is 40.4 Å². The summed E-state index contributed by atoms with van der Waals surface area (Å²) in [5.74, 6) is -0.870. The third-order valence-corrected chi connectivity index (χ3v) is 6.51. The molecule has 1 aliphatic heterocycles. The fraction of sp³-hybridized carbons (Fsp3) is 0.318. The molecule has 1 aromatic carbocycles. The molecule has 4 rings (SSSR count). The first-order valence-electron chi connectivity index (χ1n) is 9.72. The number of aromatic nitrogens is 1. The van der Waals surface area contributed by atoms with Crippen LogP contribution in [0, 0.1) is 13.8 Å². The maximum absolute atomic E-state index is 13.2. The van der Waals surface area contributed by atoms with Crippen molar-refractivity contribution in [3.05, 3.63) is 57.3 Å². The number of carbonyl (C=O) groups excluding carboxylic acids is 2. The van der Waals surface area contributed by atoms with E-state index in [1.165, 1.54) is 30.6 Å². The average Bonchev–Trinajstić information content (AvgIpc) is 3.28. The standard InChI is InChI=1S/C22H22BrN3O2S/c1-13-11-15(14(2)25(13)17-5-3-4-6-17)12-19-20(27)24-22(29)26(21(19)28)18-9-7-16(23)8-10-18/h7-12,17H,3-6H2,1-2H3,(H,24,27,29)/b19-12+. The van der Waals surface area contributed by atoms with Crippen LogP contribution < -0.4 is 10.2 Å². The number of benzene rings is 1. The second-order valence-corrected chi connectivity index (χ2v) is 8.87. The van der Waals surface area contributed by atoms with Crippen LogP contribution in [0.2, 0.25) is 0 Å². The number of nitrogens with zero attached hydrogens (tertiary/aromatic N) is 2. The monoisotopic (exact) mass is 471 g/mol. The van der Waals surface area contributed by atoms with Crippen molar-refractivity contribution in [1.29, 1.82) is 0 Å². The molecule has 1 aromatic heterocycles. The number of hydrogen-bond donors (Lipinski definition) is 1. The zero-order chi connectivity index (χ0) is 20.7. The molecule has 0 spiro atoms. The van der Waals surface area contributed by atoms with E-state index >= 15 is 0 Å². The van der Waals surface area contributed by atoms with E-state index in [-0.39, 0.29) is 10.7 Å². The van der Waals surface area contributed by atoms with E-state index in [1.807, 2.05) is 12.1 Å². The van der Waals surface area contributed by atoms with Gasteiger partial charge in [0.05, 0.1) is 5.69 Å². The highest BCUT2D eigenvalue weighted by Gasteiger charge is 2.34. The minimum atomic E-state index is -0.459. The number of rotatable bonds is 3. The Bertz CT molecular complexity index is 1030. The number of halogens is 1. The smallest absolute Gasteiger partial charge is 0.270 e. The molecular formula is C22H22BrN3O2S. The van der Waals surface area contributed by atoms with Gasteiger partial charge in [-0.1, -0.05) is 28.8 Å². The van der Waals surface area contributed by atoms with E-state index in [9.17, 15) is 9.59 Å². The van der Waals surface area contributed by atoms with Crippen molar-refractivity contribution in [2.75, 3.05) is 4.90 Å². The first-order chi connectivity index (χ1) is 13.9. The van der Waals surface area contributed by atoms with Crippen molar-refractivity contribution in [2.45, 2.75) is 45.6 Å². The Labute approximate surface area is 183 Å². The maximum Gasteiger partial charge on any atom is 0.270 e. The molecule has 1 aliphatic carbocycles. The number of anilines is 1. The van der Waals surface area contributed by atoms with Gasteiger partial charge in [-0.15, -0.1) is 0 Å². The largest absolute Gasteiger partial charge is 0.346 e. The predicted molar refractivity (Wildman–Crippen MR) is 122 cm³/mol. The SMILES string of the molecule is Cc1cc(/C=C2\C(=O)NC(=S)N(c3ccc(Br)cc3)C2=O)c(C)n1C1CCCC1. The molecule has 0 unspecified atom stereocenters. The molecule has 7 heteroatoms. The number of amides is 2. The normalized spacial score (nSPS) is 19.3. The lowest BCUT2D eigenvalue weighted by molar-refractivity contribution is -0.122. The van der Waals surface area contributed by atoms with Crippen molar-refractivity contribution in [3.8, 4) is 0 Å². The van der Waals surface area contributed by atoms with Gasteiger partial charge in [-0.05, 0) is 80.9 Å². The first-order valence-corrected chi connectivity index (χ1v) is 10.9. The van der Waals surface area contributed by atoms with Crippen LogP contribution in [0.4, 0.5) is 5.69 Å². The van der Waals surface area contributed by atoms with Crippen LogP contribution in [-0.4, -0.2) is 21.5 Å². The van der Waals surface area contributed by atoms with Crippen LogP contribution in [0.1, 0.15) is 48.7 Å². The molecule has 5 nitrogen and oxygen atoms in total. The van der Waals surface area contributed by atoms with Crippen LogP contribution in [-0.2, 0) is 9.59 Å². The molecule has 150 valence electrons. The number of nitrogens with one attached hydrogen (secondary N) is 1. The Balaban J connectivity index is 1.72. The molecule has 0 atom stereocenters. The molecule has 1 saturated carbocycles. The Morgan fingerprint density at radius 3 is 2.45 bits per heavy atom. The lowest BCUT2D eigenvalue weighted by atomic mass is 10.1. The fourth-order valence-corrected chi connectivity index (χ4v) is 4.86. The lowest BCUT2D eigenvalue weighted by Crippen LogP contribution is -2.54. The summed E-state index contributed by atoms with van der Waals surface area (Å²) in [6.45, 7) is 4.14. The Kier molecular flexibility index (Phi) is 5.44. The molecular weight excluding hydrogens is 450 g/mol. The summed E-state index contributed by atoms with van der Waals surface area (Å²) in [5.41, 5.74) is 3.85. The van der Waals surface area contributed by atoms with E-state index < -0.39 is 11.8 Å². The van der Waals surface area contributed by atoms with Gasteiger partial charge in [0.15, 0.2) is 5.11 Å². The van der Waals surface area contributed by atoms with E-state index in [0.717, 1.165) is 21.4 Å². The molecule has 2 amide bonds. The zero-order valence-electron chi connectivity index (χ0n) is 16.4. The van der Waals surface area contributed by atoms with Gasteiger partial charge < -0.3 is 4.57 Å². The first kappa shape index (κ1) is 20.0. The number of hydrogen-bond acceptors (Lipinski definition) is 3. The van der Waals surface area contributed by atoms with Crippen LogP contribution in [0.5, 0.6) is 0 Å². The van der Waals surface area contributed by atoms with Gasteiger partial charge in [-0.25, -0.2) is 0 Å². The molecule has 2 aromatic rings. The highest BCUT2D eigenvalue weighted by atomic mass is 79.9. The fourth-order valence-electron chi connectivity index (χ4n) is 4.31. The second kappa shape index (κ2) is 7.88. The van der Waals surface area contributed by atoms with Crippen molar-refractivity contribution >= 4 is 56.8 Å². The van der Waals surface area contributed by atoms with Gasteiger partial charge in [-0.2, -0.15) is 0 Å². The molecule has 2 aliphatic rings. The van der Waals surface area contributed by atoms with E-state index in [4.69, 9.17) is 12.2 Å². The average molecular weight is 472 g/mol. The highest BCUT2D eigenvalue weighted by molar-refractivity contribution is 9.10. The molecule has 2 heterocycles. The third-order valence-electron chi connectivity index (χ3n) is 5.70. The molecule has 29 heavy (non-hydrogen) atoms. The van der Waals surface area contributed by atoms with Gasteiger partial charge in [0.1, 0.15) is 5.57 Å². The summed E-state index contributed by atoms with van der Waals surface area (Å²) in [6.07, 6.45) is 6.55. The highest BCUT2D eigenvalue weighted by Crippen LogP contribution is 2.34. The molecule has 1 N–H and O–H groups in total. The summed E-state index contributed by atoms with van der Waals surface area (Å²) >= 11 is 8.66. The van der Waals surface area contributed by atoms with Crippen molar-refractivity contribution in [1.82, 2.24) is 9.88 Å². The topological polar surface area (TPSA) is 54.3 Å². The summed E-state index contributed by atoms with van der Waals surface area (Å²) in [7, 11) is 0. The quantitative estimate of drug-likeness (QED) is 0.396. The lowest BCUT2D eigenvalue weighted by Gasteiger charge is -2.29. The van der Waals surface area contributed by atoms with Gasteiger partial charge in [-0.3, -0.25) is 19.8 Å². The van der Waals surface area contributed by atoms with Gasteiger partial charge >= 0.3 is 0 Å². The van der Waals surface area contributed by atoms with Crippen molar-refractivity contribution in [2.24, 2.45) is 0 Å². The zero-order valence-corrected chi connectivity index (χ0v) is 18.8. The third kappa shape index (κ3) is 3.69. The van der Waals surface area contributed by atoms with Crippen LogP contribution in [0.25, 0.3) is 6.08 Å².